The van der Waals surface area contributed by atoms with Gasteiger partial charge in [0, 0.05) is 11.8 Å². The number of aromatic carboxylic acids is 1. The Morgan fingerprint density at radius 1 is 1.19 bits per heavy atom. The summed E-state index contributed by atoms with van der Waals surface area (Å²) in [4.78, 5) is 23.1. The predicted molar refractivity (Wildman–Crippen MR) is 100 cm³/mol. The van der Waals surface area contributed by atoms with Gasteiger partial charge in [-0.15, -0.1) is 0 Å². The van der Waals surface area contributed by atoms with Crippen LogP contribution in [0.4, 0.5) is 5.69 Å². The molecule has 2 aromatic carbocycles. The highest BCUT2D eigenvalue weighted by atomic mass is 35.5. The van der Waals surface area contributed by atoms with Crippen LogP contribution in [0, 0.1) is 0 Å². The largest absolute Gasteiger partial charge is 0.493 e. The zero-order valence-electron chi connectivity index (χ0n) is 14.3. The minimum Gasteiger partial charge on any atom is -0.493 e. The van der Waals surface area contributed by atoms with Crippen molar-refractivity contribution in [3.8, 4) is 11.5 Å². The number of ether oxygens (including phenoxy) is 2. The molecule has 0 spiro atoms. The van der Waals surface area contributed by atoms with Crippen molar-refractivity contribution < 1.29 is 24.2 Å². The number of benzene rings is 2. The van der Waals surface area contributed by atoms with Crippen LogP contribution in [0.25, 0.3) is 6.08 Å². The summed E-state index contributed by atoms with van der Waals surface area (Å²) >= 11 is 5.80. The molecular formula is C19H18ClNO5. The summed E-state index contributed by atoms with van der Waals surface area (Å²) in [5.41, 5.74) is 1.01. The molecule has 0 saturated heterocycles. The van der Waals surface area contributed by atoms with E-state index in [9.17, 15) is 9.59 Å². The smallest absolute Gasteiger partial charge is 0.337 e. The van der Waals surface area contributed by atoms with Crippen LogP contribution in [0.15, 0.2) is 42.5 Å². The van der Waals surface area contributed by atoms with Crippen LogP contribution >= 0.6 is 11.6 Å². The highest BCUT2D eigenvalue weighted by Gasteiger charge is 2.10. The van der Waals surface area contributed by atoms with Gasteiger partial charge in [-0.3, -0.25) is 4.79 Å². The van der Waals surface area contributed by atoms with E-state index in [1.165, 1.54) is 24.3 Å². The Bertz CT molecular complexity index is 848. The number of amides is 1. The van der Waals surface area contributed by atoms with Gasteiger partial charge in [-0.25, -0.2) is 4.79 Å². The SMILES string of the molecule is CCOc1ccc(/C=C/C(=O)Nc2ccc(Cl)c(C(=O)O)c2)cc1OC. The fourth-order valence-corrected chi connectivity index (χ4v) is 2.38. The Labute approximate surface area is 156 Å². The molecule has 0 heterocycles. The number of rotatable bonds is 7. The highest BCUT2D eigenvalue weighted by Crippen LogP contribution is 2.28. The summed E-state index contributed by atoms with van der Waals surface area (Å²) in [5.74, 6) is -0.378. The fraction of sp³-hybridized carbons (Fsp3) is 0.158. The van der Waals surface area contributed by atoms with E-state index < -0.39 is 11.9 Å². The molecule has 2 rings (SSSR count). The van der Waals surface area contributed by atoms with E-state index in [4.69, 9.17) is 26.2 Å². The number of carbonyl (C=O) groups excluding carboxylic acids is 1. The van der Waals surface area contributed by atoms with Crippen molar-refractivity contribution in [1.29, 1.82) is 0 Å². The van der Waals surface area contributed by atoms with Crippen molar-refractivity contribution in [1.82, 2.24) is 0 Å². The maximum atomic E-state index is 12.0. The van der Waals surface area contributed by atoms with Crippen LogP contribution < -0.4 is 14.8 Å². The van der Waals surface area contributed by atoms with E-state index in [0.717, 1.165) is 5.56 Å². The summed E-state index contributed by atoms with van der Waals surface area (Å²) in [6, 6.07) is 9.55. The monoisotopic (exact) mass is 375 g/mol. The Hall–Kier alpha value is -2.99. The third kappa shape index (κ3) is 5.00. The molecule has 0 atom stereocenters. The van der Waals surface area contributed by atoms with Crippen molar-refractivity contribution in [2.75, 3.05) is 19.0 Å². The van der Waals surface area contributed by atoms with E-state index in [0.29, 0.717) is 23.8 Å². The van der Waals surface area contributed by atoms with E-state index >= 15 is 0 Å². The van der Waals surface area contributed by atoms with E-state index in [1.54, 1.807) is 31.4 Å². The van der Waals surface area contributed by atoms with Gasteiger partial charge in [-0.05, 0) is 48.9 Å². The Morgan fingerprint density at radius 2 is 1.96 bits per heavy atom. The number of nitrogens with one attached hydrogen (secondary N) is 1. The molecule has 0 aliphatic rings. The number of halogens is 1. The first-order valence-corrected chi connectivity index (χ1v) is 8.15. The molecule has 7 heteroatoms. The van der Waals surface area contributed by atoms with Gasteiger partial charge in [0.25, 0.3) is 0 Å². The minimum atomic E-state index is -1.16. The summed E-state index contributed by atoms with van der Waals surface area (Å²) in [7, 11) is 1.54. The summed E-state index contributed by atoms with van der Waals surface area (Å²) in [5, 5.41) is 11.7. The van der Waals surface area contributed by atoms with Gasteiger partial charge in [0.15, 0.2) is 11.5 Å². The molecule has 26 heavy (non-hydrogen) atoms. The van der Waals surface area contributed by atoms with Crippen LogP contribution in [0.1, 0.15) is 22.8 Å². The fourth-order valence-electron chi connectivity index (χ4n) is 2.19. The van der Waals surface area contributed by atoms with E-state index in [2.05, 4.69) is 5.32 Å². The first-order chi connectivity index (χ1) is 12.4. The zero-order chi connectivity index (χ0) is 19.1. The molecule has 2 N–H and O–H groups in total. The Balaban J connectivity index is 2.10. The molecule has 0 saturated carbocycles. The Kier molecular flexibility index (Phi) is 6.63. The van der Waals surface area contributed by atoms with Gasteiger partial charge in [0.2, 0.25) is 5.91 Å². The molecule has 0 unspecified atom stereocenters. The van der Waals surface area contributed by atoms with Crippen LogP contribution in [-0.4, -0.2) is 30.7 Å². The third-order valence-electron chi connectivity index (χ3n) is 3.38. The second kappa shape index (κ2) is 8.92. The molecule has 2 aromatic rings. The molecule has 0 aromatic heterocycles. The number of anilines is 1. The van der Waals surface area contributed by atoms with Gasteiger partial charge in [0.05, 0.1) is 24.3 Å². The molecule has 0 aliphatic heterocycles. The Morgan fingerprint density at radius 3 is 2.62 bits per heavy atom. The normalized spacial score (nSPS) is 10.6. The maximum Gasteiger partial charge on any atom is 0.337 e. The molecule has 0 fully saturated rings. The van der Waals surface area contributed by atoms with Gasteiger partial charge >= 0.3 is 5.97 Å². The number of carbonyl (C=O) groups is 2. The van der Waals surface area contributed by atoms with E-state index in [1.807, 2.05) is 6.92 Å². The van der Waals surface area contributed by atoms with Gasteiger partial charge in [0.1, 0.15) is 0 Å². The van der Waals surface area contributed by atoms with Gasteiger partial charge in [-0.2, -0.15) is 0 Å². The number of carboxylic acids is 1. The summed E-state index contributed by atoms with van der Waals surface area (Å²) in [6.07, 6.45) is 2.95. The average molecular weight is 376 g/mol. The van der Waals surface area contributed by atoms with Crippen molar-refractivity contribution >= 4 is 35.2 Å². The maximum absolute atomic E-state index is 12.0. The third-order valence-corrected chi connectivity index (χ3v) is 3.71. The topological polar surface area (TPSA) is 84.9 Å². The van der Waals surface area contributed by atoms with Crippen LogP contribution in [0.5, 0.6) is 11.5 Å². The number of methoxy groups -OCH3 is 1. The van der Waals surface area contributed by atoms with Gasteiger partial charge < -0.3 is 19.9 Å². The quantitative estimate of drug-likeness (QED) is 0.712. The number of carboxylic acid groups (broad SMARTS) is 1. The lowest BCUT2D eigenvalue weighted by Gasteiger charge is -2.09. The van der Waals surface area contributed by atoms with E-state index in [-0.39, 0.29) is 10.6 Å². The molecule has 0 aliphatic carbocycles. The predicted octanol–water partition coefficient (Wildman–Crippen LogP) is 4.10. The zero-order valence-corrected chi connectivity index (χ0v) is 15.0. The summed E-state index contributed by atoms with van der Waals surface area (Å²) < 4.78 is 10.7. The summed E-state index contributed by atoms with van der Waals surface area (Å²) in [6.45, 7) is 2.40. The first kappa shape index (κ1) is 19.3. The van der Waals surface area contributed by atoms with Crippen molar-refractivity contribution in [3.63, 3.8) is 0 Å². The first-order valence-electron chi connectivity index (χ1n) is 7.77. The molecule has 0 bridgehead atoms. The minimum absolute atomic E-state index is 0.0790. The lowest BCUT2D eigenvalue weighted by Crippen LogP contribution is -2.09. The van der Waals surface area contributed by atoms with Crippen LogP contribution in [0.2, 0.25) is 5.02 Å². The molecule has 1 amide bonds. The second-order valence-corrected chi connectivity index (χ2v) is 5.57. The number of hydrogen-bond acceptors (Lipinski definition) is 4. The van der Waals surface area contributed by atoms with Crippen LogP contribution in [-0.2, 0) is 4.79 Å². The molecule has 0 radical (unpaired) electrons. The van der Waals surface area contributed by atoms with Crippen molar-refractivity contribution in [3.05, 3.63) is 58.6 Å². The lowest BCUT2D eigenvalue weighted by molar-refractivity contribution is -0.111. The van der Waals surface area contributed by atoms with Gasteiger partial charge in [-0.1, -0.05) is 17.7 Å². The highest BCUT2D eigenvalue weighted by molar-refractivity contribution is 6.33. The van der Waals surface area contributed by atoms with Crippen molar-refractivity contribution in [2.24, 2.45) is 0 Å². The lowest BCUT2D eigenvalue weighted by atomic mass is 10.1. The molecular weight excluding hydrogens is 358 g/mol. The number of hydrogen-bond donors (Lipinski definition) is 2. The second-order valence-electron chi connectivity index (χ2n) is 5.17. The molecule has 6 nitrogen and oxygen atoms in total. The average Bonchev–Trinajstić information content (AvgIpc) is 2.62. The van der Waals surface area contributed by atoms with Crippen molar-refractivity contribution in [2.45, 2.75) is 6.92 Å². The van der Waals surface area contributed by atoms with Crippen LogP contribution in [0.3, 0.4) is 0 Å². The molecule has 136 valence electrons. The standard InChI is InChI=1S/C19H18ClNO5/c1-3-26-16-8-4-12(10-17(16)25-2)5-9-18(22)21-13-6-7-15(20)14(11-13)19(23)24/h4-11H,3H2,1-2H3,(H,21,22)(H,23,24)/b9-5+.